The molecule has 2 nitrogen and oxygen atoms in total. The fraction of sp³-hybridized carbons (Fsp3) is 0.0625. The number of pyridine rings is 1. The van der Waals surface area contributed by atoms with Crippen LogP contribution in [0.1, 0.15) is 5.56 Å². The molecule has 0 N–H and O–H groups in total. The maximum Gasteiger partial charge on any atom is 0.509 e. The molecule has 0 aliphatic rings. The van der Waals surface area contributed by atoms with E-state index in [1.165, 1.54) is 12.1 Å². The van der Waals surface area contributed by atoms with E-state index in [9.17, 15) is 12.9 Å². The fourth-order valence-electron chi connectivity index (χ4n) is 2.17. The van der Waals surface area contributed by atoms with E-state index < -0.39 is 12.4 Å². The van der Waals surface area contributed by atoms with Crippen LogP contribution in [-0.2, 0) is 6.61 Å². The lowest BCUT2D eigenvalue weighted by atomic mass is 9.80. The molecular weight excluding hydrogens is 290 g/mol. The Kier molecular flexibility index (Phi) is 3.75. The highest BCUT2D eigenvalue weighted by Crippen LogP contribution is 2.17. The van der Waals surface area contributed by atoms with Gasteiger partial charge in [0.2, 0.25) is 0 Å². The number of aromatic nitrogens is 1. The molecule has 1 aromatic heterocycles. The Balaban J connectivity index is 1.76. The van der Waals surface area contributed by atoms with Crippen molar-refractivity contribution in [2.75, 3.05) is 0 Å². The summed E-state index contributed by atoms with van der Waals surface area (Å²) >= 11 is 0. The SMILES string of the molecule is F[B-](F)(F)c1cccc(OCc2cnc3ccccc3c2)c1. The normalized spacial score (nSPS) is 11.6. The van der Waals surface area contributed by atoms with E-state index >= 15 is 0 Å². The second-order valence-electron chi connectivity index (χ2n) is 4.97. The number of ether oxygens (including phenoxy) is 1. The van der Waals surface area contributed by atoms with E-state index in [-0.39, 0.29) is 12.4 Å². The topological polar surface area (TPSA) is 22.1 Å². The molecule has 3 aromatic rings. The summed E-state index contributed by atoms with van der Waals surface area (Å²) in [5, 5.41) is 0.968. The summed E-state index contributed by atoms with van der Waals surface area (Å²) < 4.78 is 43.6. The number of rotatable bonds is 4. The number of hydrogen-bond acceptors (Lipinski definition) is 2. The predicted octanol–water partition coefficient (Wildman–Crippen LogP) is 3.87. The standard InChI is InChI=1S/C16H12BF3NO/c18-17(19,20)14-5-3-6-15(9-14)22-11-12-8-13-4-1-2-7-16(13)21-10-12/h1-10H,11H2/q-1. The molecular formula is C16H12BF3NO-. The number of benzene rings is 2. The number of halogens is 3. The third-order valence-electron chi connectivity index (χ3n) is 3.29. The quantitative estimate of drug-likeness (QED) is 0.683. The molecule has 112 valence electrons. The van der Waals surface area contributed by atoms with Crippen LogP contribution in [0, 0.1) is 0 Å². The van der Waals surface area contributed by atoms with Gasteiger partial charge in [-0.3, -0.25) is 4.98 Å². The van der Waals surface area contributed by atoms with Gasteiger partial charge in [-0.15, -0.1) is 5.46 Å². The van der Waals surface area contributed by atoms with E-state index in [2.05, 4.69) is 4.98 Å². The second-order valence-corrected chi connectivity index (χ2v) is 4.97. The van der Waals surface area contributed by atoms with Crippen molar-refractivity contribution in [2.24, 2.45) is 0 Å². The van der Waals surface area contributed by atoms with Crippen LogP contribution in [0.15, 0.2) is 60.8 Å². The van der Waals surface area contributed by atoms with Gasteiger partial charge in [-0.2, -0.15) is 0 Å². The molecule has 0 saturated heterocycles. The van der Waals surface area contributed by atoms with Gasteiger partial charge in [0.05, 0.1) is 5.52 Å². The fourth-order valence-corrected chi connectivity index (χ4v) is 2.17. The average molecular weight is 302 g/mol. The lowest BCUT2D eigenvalue weighted by molar-refractivity contribution is 0.306. The van der Waals surface area contributed by atoms with Crippen LogP contribution in [-0.4, -0.2) is 12.0 Å². The number of para-hydroxylation sites is 1. The van der Waals surface area contributed by atoms with Gasteiger partial charge in [-0.25, -0.2) is 0 Å². The highest BCUT2D eigenvalue weighted by Gasteiger charge is 2.25. The van der Waals surface area contributed by atoms with Crippen LogP contribution in [0.25, 0.3) is 10.9 Å². The summed E-state index contributed by atoms with van der Waals surface area (Å²) in [6.45, 7) is -4.84. The minimum absolute atomic E-state index is 0.173. The van der Waals surface area contributed by atoms with Crippen LogP contribution in [0.5, 0.6) is 5.75 Å². The van der Waals surface area contributed by atoms with E-state index in [0.717, 1.165) is 28.6 Å². The highest BCUT2D eigenvalue weighted by molar-refractivity contribution is 6.73. The van der Waals surface area contributed by atoms with Gasteiger partial charge in [0, 0.05) is 17.1 Å². The summed E-state index contributed by atoms with van der Waals surface area (Å²) in [5.41, 5.74) is 1.02. The second kappa shape index (κ2) is 5.71. The Morgan fingerprint density at radius 1 is 0.955 bits per heavy atom. The zero-order valence-electron chi connectivity index (χ0n) is 11.5. The van der Waals surface area contributed by atoms with E-state index in [4.69, 9.17) is 4.74 Å². The Bertz CT molecular complexity index is 804. The molecule has 3 rings (SSSR count). The molecule has 1 heterocycles. The average Bonchev–Trinajstić information content (AvgIpc) is 2.52. The van der Waals surface area contributed by atoms with Crippen LogP contribution in [0.2, 0.25) is 0 Å². The van der Waals surface area contributed by atoms with Gasteiger partial charge in [0.15, 0.2) is 0 Å². The molecule has 0 atom stereocenters. The maximum atomic E-state index is 12.7. The largest absolute Gasteiger partial charge is 0.509 e. The van der Waals surface area contributed by atoms with Gasteiger partial charge in [-0.05, 0) is 24.3 Å². The van der Waals surface area contributed by atoms with Crippen LogP contribution in [0.3, 0.4) is 0 Å². The number of nitrogens with zero attached hydrogens (tertiary/aromatic N) is 1. The predicted molar refractivity (Wildman–Crippen MR) is 81.2 cm³/mol. The highest BCUT2D eigenvalue weighted by atomic mass is 19.4. The molecule has 22 heavy (non-hydrogen) atoms. The molecule has 0 unspecified atom stereocenters. The first-order chi connectivity index (χ1) is 10.5. The van der Waals surface area contributed by atoms with Crippen molar-refractivity contribution >= 4 is 23.3 Å². The van der Waals surface area contributed by atoms with Gasteiger partial charge >= 0.3 is 6.98 Å². The Labute approximate surface area is 125 Å². The number of fused-ring (bicyclic) bond motifs is 1. The minimum Gasteiger partial charge on any atom is -0.489 e. The van der Waals surface area contributed by atoms with Crippen molar-refractivity contribution in [2.45, 2.75) is 6.61 Å². The van der Waals surface area contributed by atoms with Gasteiger partial charge in [0.25, 0.3) is 0 Å². The molecule has 0 radical (unpaired) electrons. The molecule has 6 heteroatoms. The van der Waals surface area contributed by atoms with E-state index in [1.54, 1.807) is 6.20 Å². The first-order valence-corrected chi connectivity index (χ1v) is 6.79. The summed E-state index contributed by atoms with van der Waals surface area (Å²) in [5.74, 6) is 0.199. The summed E-state index contributed by atoms with van der Waals surface area (Å²) in [6.07, 6.45) is 1.67. The van der Waals surface area contributed by atoms with Crippen molar-refractivity contribution in [3.8, 4) is 5.75 Å². The Morgan fingerprint density at radius 3 is 2.59 bits per heavy atom. The smallest absolute Gasteiger partial charge is 0.489 e. The number of hydrogen-bond donors (Lipinski definition) is 0. The minimum atomic E-state index is -5.01. The van der Waals surface area contributed by atoms with Crippen LogP contribution < -0.4 is 10.2 Å². The molecule has 0 bridgehead atoms. The van der Waals surface area contributed by atoms with Crippen molar-refractivity contribution in [3.05, 3.63) is 66.4 Å². The summed E-state index contributed by atoms with van der Waals surface area (Å²) in [7, 11) is 0. The lowest BCUT2D eigenvalue weighted by Gasteiger charge is -2.16. The monoisotopic (exact) mass is 302 g/mol. The van der Waals surface area contributed by atoms with E-state index in [0.29, 0.717) is 0 Å². The molecule has 2 aromatic carbocycles. The zero-order chi connectivity index (χ0) is 15.6. The third kappa shape index (κ3) is 3.22. The maximum absolute atomic E-state index is 12.7. The molecule has 0 amide bonds. The third-order valence-corrected chi connectivity index (χ3v) is 3.29. The summed E-state index contributed by atoms with van der Waals surface area (Å²) in [4.78, 5) is 4.29. The molecule has 0 spiro atoms. The van der Waals surface area contributed by atoms with Gasteiger partial charge in [-0.1, -0.05) is 30.3 Å². The Morgan fingerprint density at radius 2 is 1.77 bits per heavy atom. The van der Waals surface area contributed by atoms with Gasteiger partial charge in [0.1, 0.15) is 12.4 Å². The molecule has 0 fully saturated rings. The first-order valence-electron chi connectivity index (χ1n) is 6.79. The van der Waals surface area contributed by atoms with Crippen molar-refractivity contribution in [3.63, 3.8) is 0 Å². The van der Waals surface area contributed by atoms with Crippen LogP contribution in [0.4, 0.5) is 12.9 Å². The zero-order valence-corrected chi connectivity index (χ0v) is 11.5. The molecule has 0 saturated carbocycles. The molecule has 0 aliphatic carbocycles. The summed E-state index contributed by atoms with van der Waals surface area (Å²) in [6, 6.07) is 14.5. The lowest BCUT2D eigenvalue weighted by Crippen LogP contribution is -2.33. The van der Waals surface area contributed by atoms with Crippen LogP contribution >= 0.6 is 0 Å². The Hall–Kier alpha value is -2.50. The van der Waals surface area contributed by atoms with Crippen molar-refractivity contribution < 1.29 is 17.7 Å². The van der Waals surface area contributed by atoms with Gasteiger partial charge < -0.3 is 17.7 Å². The first kappa shape index (κ1) is 14.4. The van der Waals surface area contributed by atoms with Crippen molar-refractivity contribution in [1.82, 2.24) is 4.98 Å². The van der Waals surface area contributed by atoms with E-state index in [1.807, 2.05) is 30.3 Å². The van der Waals surface area contributed by atoms with Crippen molar-refractivity contribution in [1.29, 1.82) is 0 Å². The molecule has 0 aliphatic heterocycles.